The fourth-order valence-electron chi connectivity index (χ4n) is 14.7. The van der Waals surface area contributed by atoms with Crippen LogP contribution in [0.3, 0.4) is 0 Å². The van der Waals surface area contributed by atoms with Gasteiger partial charge in [-0.25, -0.2) is 0 Å². The summed E-state index contributed by atoms with van der Waals surface area (Å²) in [4.78, 5) is 8.10. The summed E-state index contributed by atoms with van der Waals surface area (Å²) in [7, 11) is 0. The van der Waals surface area contributed by atoms with Gasteiger partial charge in [0.1, 0.15) is 0 Å². The fraction of sp³-hybridized carbons (Fsp3) is 0.314. The molecule has 3 aliphatic heterocycles. The lowest BCUT2D eigenvalue weighted by molar-refractivity contribution is 0.245. The van der Waals surface area contributed by atoms with E-state index in [2.05, 4.69) is 256 Å². The summed E-state index contributed by atoms with van der Waals surface area (Å²) in [6.45, 7) is 31.0. The predicted octanol–water partition coefficient (Wildman–Crippen LogP) is 16.4. The highest BCUT2D eigenvalue weighted by Gasteiger charge is 2.60. The minimum Gasteiger partial charge on any atom is -0.330 e. The first-order chi connectivity index (χ1) is 35.1. The van der Waals surface area contributed by atoms with Crippen LogP contribution in [0.25, 0.3) is 11.1 Å². The molecule has 3 heterocycles. The van der Waals surface area contributed by atoms with Crippen molar-refractivity contribution in [3.63, 3.8) is 0 Å². The van der Waals surface area contributed by atoms with Gasteiger partial charge in [0.2, 0.25) is 0 Å². The van der Waals surface area contributed by atoms with Crippen LogP contribution in [0.2, 0.25) is 0 Å². The van der Waals surface area contributed by atoms with E-state index in [1.165, 1.54) is 129 Å². The van der Waals surface area contributed by atoms with Crippen LogP contribution in [-0.2, 0) is 41.0 Å². The highest BCUT2D eigenvalue weighted by molar-refractivity contribution is 7.00. The molecule has 0 radical (unpaired) electrons. The Morgan fingerprint density at radius 1 is 0.486 bits per heavy atom. The zero-order valence-electron chi connectivity index (χ0n) is 46.2. The van der Waals surface area contributed by atoms with Gasteiger partial charge < -0.3 is 14.7 Å². The van der Waals surface area contributed by atoms with Crippen molar-refractivity contribution in [1.82, 2.24) is 0 Å². The summed E-state index contributed by atoms with van der Waals surface area (Å²) < 4.78 is 0. The Kier molecular flexibility index (Phi) is 10.1. The Labute approximate surface area is 442 Å². The summed E-state index contributed by atoms with van der Waals surface area (Å²) in [5.74, 6) is 0. The van der Waals surface area contributed by atoms with E-state index in [4.69, 9.17) is 0 Å². The minimum absolute atomic E-state index is 0.00976. The van der Waals surface area contributed by atoms with Crippen molar-refractivity contribution in [2.75, 3.05) is 14.7 Å². The molecule has 2 unspecified atom stereocenters. The Bertz CT molecular complexity index is 3640. The van der Waals surface area contributed by atoms with Crippen molar-refractivity contribution in [1.29, 1.82) is 0 Å². The average molecular weight is 966 g/mol. The van der Waals surface area contributed by atoms with Crippen molar-refractivity contribution in [3.8, 4) is 11.1 Å². The lowest BCUT2D eigenvalue weighted by Gasteiger charge is -2.51. The molecule has 5 aliphatic rings. The molecule has 74 heavy (non-hydrogen) atoms. The molecule has 0 spiro atoms. The maximum absolute atomic E-state index is 2.78. The summed E-state index contributed by atoms with van der Waals surface area (Å²) in [5, 5.41) is 0. The lowest BCUT2D eigenvalue weighted by Crippen LogP contribution is -2.61. The highest BCUT2D eigenvalue weighted by atomic mass is 15.3. The Morgan fingerprint density at radius 2 is 1.11 bits per heavy atom. The second-order valence-electron chi connectivity index (χ2n) is 26.3. The quantitative estimate of drug-likeness (QED) is 0.163. The van der Waals surface area contributed by atoms with Gasteiger partial charge in [-0.05, 0) is 196 Å². The molecule has 0 bridgehead atoms. The molecule has 2 aliphatic carbocycles. The fourth-order valence-corrected chi connectivity index (χ4v) is 14.7. The first kappa shape index (κ1) is 47.0. The van der Waals surface area contributed by atoms with Gasteiger partial charge in [0, 0.05) is 50.8 Å². The molecule has 0 aromatic heterocycles. The summed E-state index contributed by atoms with van der Waals surface area (Å²) >= 11 is 0. The molecule has 0 fully saturated rings. The SMILES string of the molecule is Cc1cc2c3c(c1)N(c1ccc(C(C)(C)C)cc1-c1ccccc1)c1cc4c(cc1B3c1ccc(N3c5c(C)cc(C)cc5C5(C)CCc6ccccc6C35C)cc1N2c1ccc(C(C)(C)C)cc1)CC(C)(C)C4. The summed E-state index contributed by atoms with van der Waals surface area (Å²) in [6.07, 6.45) is 4.33. The zero-order valence-corrected chi connectivity index (χ0v) is 46.2. The molecule has 0 saturated heterocycles. The summed E-state index contributed by atoms with van der Waals surface area (Å²) in [6, 6.07) is 60.1. The van der Waals surface area contributed by atoms with E-state index in [-0.39, 0.29) is 33.9 Å². The molecular formula is C70H72BN3. The number of aryl methyl sites for hydroxylation is 4. The van der Waals surface area contributed by atoms with Gasteiger partial charge in [0.05, 0.1) is 11.2 Å². The minimum atomic E-state index is -0.323. The van der Waals surface area contributed by atoms with E-state index in [9.17, 15) is 0 Å². The standard InChI is InChI=1S/C70H72BN3/c1-43-33-45(3)65-56(34-43)69(12)32-31-47-21-17-18-22-55(47)70(69,13)74(65)53-28-29-57-61(40-53)72(52-26-23-50(24-27-52)66(4,5)6)62-35-44(2)36-63-64(62)71(57)58-37-48-41-68(10,11)42-49(48)38-60(58)73(63)59-30-25-51(67(7,8)9)39-54(59)46-19-15-14-16-20-46/h14-30,33-40H,31-32,41-42H2,1-13H3. The van der Waals surface area contributed by atoms with Crippen LogP contribution in [0.1, 0.15) is 131 Å². The molecule has 8 aromatic rings. The van der Waals surface area contributed by atoms with Crippen molar-refractivity contribution in [2.45, 2.75) is 137 Å². The van der Waals surface area contributed by atoms with Crippen molar-refractivity contribution in [2.24, 2.45) is 5.41 Å². The van der Waals surface area contributed by atoms with Gasteiger partial charge in [0.25, 0.3) is 6.71 Å². The number of anilines is 8. The summed E-state index contributed by atoms with van der Waals surface area (Å²) in [5.41, 5.74) is 30.5. The zero-order chi connectivity index (χ0) is 51.6. The van der Waals surface area contributed by atoms with E-state index >= 15 is 0 Å². The third-order valence-electron chi connectivity index (χ3n) is 18.5. The van der Waals surface area contributed by atoms with Gasteiger partial charge in [-0.1, -0.05) is 165 Å². The third-order valence-corrected chi connectivity index (χ3v) is 18.5. The van der Waals surface area contributed by atoms with Crippen LogP contribution >= 0.6 is 0 Å². The molecule has 0 N–H and O–H groups in total. The van der Waals surface area contributed by atoms with Crippen LogP contribution in [-0.4, -0.2) is 6.71 Å². The van der Waals surface area contributed by atoms with Crippen molar-refractivity contribution in [3.05, 3.63) is 207 Å². The third kappa shape index (κ3) is 6.78. The van der Waals surface area contributed by atoms with Gasteiger partial charge in [0.15, 0.2) is 0 Å². The highest BCUT2D eigenvalue weighted by Crippen LogP contribution is 2.65. The van der Waals surface area contributed by atoms with E-state index in [1.807, 2.05) is 0 Å². The number of hydrogen-bond acceptors (Lipinski definition) is 3. The largest absolute Gasteiger partial charge is 0.330 e. The molecule has 0 saturated carbocycles. The molecule has 370 valence electrons. The van der Waals surface area contributed by atoms with E-state index in [0.29, 0.717) is 0 Å². The first-order valence-electron chi connectivity index (χ1n) is 27.5. The maximum Gasteiger partial charge on any atom is 0.252 e. The van der Waals surface area contributed by atoms with Gasteiger partial charge in [-0.15, -0.1) is 0 Å². The van der Waals surface area contributed by atoms with Crippen LogP contribution < -0.4 is 31.1 Å². The topological polar surface area (TPSA) is 9.72 Å². The number of hydrogen-bond donors (Lipinski definition) is 0. The first-order valence-corrected chi connectivity index (χ1v) is 27.5. The molecular weight excluding hydrogens is 894 g/mol. The lowest BCUT2D eigenvalue weighted by atomic mass is 9.33. The second-order valence-corrected chi connectivity index (χ2v) is 26.3. The monoisotopic (exact) mass is 966 g/mol. The predicted molar refractivity (Wildman–Crippen MR) is 317 cm³/mol. The van der Waals surface area contributed by atoms with E-state index in [1.54, 1.807) is 0 Å². The number of fused-ring (bicyclic) bond motifs is 10. The number of benzene rings is 8. The van der Waals surface area contributed by atoms with Crippen LogP contribution in [0.5, 0.6) is 0 Å². The Balaban J connectivity index is 1.11. The van der Waals surface area contributed by atoms with Crippen LogP contribution in [0.15, 0.2) is 152 Å². The number of nitrogens with zero attached hydrogens (tertiary/aromatic N) is 3. The maximum atomic E-state index is 2.78. The number of rotatable bonds is 4. The van der Waals surface area contributed by atoms with Crippen LogP contribution in [0, 0.1) is 26.2 Å². The smallest absolute Gasteiger partial charge is 0.252 e. The average Bonchev–Trinajstić information content (AvgIpc) is 3.85. The van der Waals surface area contributed by atoms with Gasteiger partial charge in [-0.2, -0.15) is 0 Å². The van der Waals surface area contributed by atoms with Gasteiger partial charge >= 0.3 is 0 Å². The van der Waals surface area contributed by atoms with Crippen molar-refractivity contribution >= 4 is 68.6 Å². The Morgan fingerprint density at radius 3 is 1.82 bits per heavy atom. The molecule has 3 nitrogen and oxygen atoms in total. The molecule has 0 amide bonds. The molecule has 4 heteroatoms. The van der Waals surface area contributed by atoms with Crippen molar-refractivity contribution < 1.29 is 0 Å². The molecule has 8 aromatic carbocycles. The van der Waals surface area contributed by atoms with E-state index < -0.39 is 0 Å². The van der Waals surface area contributed by atoms with E-state index in [0.717, 1.165) is 25.7 Å². The molecule has 13 rings (SSSR count). The normalized spacial score (nSPS) is 19.9. The molecule has 2 atom stereocenters. The Hall–Kier alpha value is -6.78. The second kappa shape index (κ2) is 15.9. The van der Waals surface area contributed by atoms with Crippen LogP contribution in [0.4, 0.5) is 45.5 Å². The van der Waals surface area contributed by atoms with Gasteiger partial charge in [-0.3, -0.25) is 0 Å².